The highest BCUT2D eigenvalue weighted by molar-refractivity contribution is 14.0. The fourth-order valence-electron chi connectivity index (χ4n) is 2.35. The minimum atomic E-state index is 0. The van der Waals surface area contributed by atoms with Crippen molar-refractivity contribution in [3.8, 4) is 5.75 Å². The highest BCUT2D eigenvalue weighted by Crippen LogP contribution is 2.23. The molecule has 24 heavy (non-hydrogen) atoms. The zero-order chi connectivity index (χ0) is 16.7. The molecule has 2 rings (SSSR count). The molecule has 6 heteroatoms. The first-order chi connectivity index (χ1) is 11.1. The number of benzene rings is 2. The Bertz CT molecular complexity index is 646. The van der Waals surface area contributed by atoms with Crippen LogP contribution in [0, 0.1) is 0 Å². The number of nitrogens with zero attached hydrogens (tertiary/aromatic N) is 2. The second-order valence-corrected chi connectivity index (χ2v) is 5.44. The van der Waals surface area contributed by atoms with Crippen LogP contribution in [0.5, 0.6) is 5.75 Å². The molecule has 0 radical (unpaired) electrons. The van der Waals surface area contributed by atoms with Gasteiger partial charge in [0.15, 0.2) is 5.96 Å². The van der Waals surface area contributed by atoms with Crippen LogP contribution in [0.25, 0.3) is 0 Å². The van der Waals surface area contributed by atoms with Crippen molar-refractivity contribution < 1.29 is 4.74 Å². The van der Waals surface area contributed by atoms with Gasteiger partial charge in [0.05, 0.1) is 25.4 Å². The molecule has 0 aliphatic rings. The van der Waals surface area contributed by atoms with E-state index in [9.17, 15) is 0 Å². The SMILES string of the molecule is COc1ccccc1NC(N)=NCC(c1ccccc1)N(C)C.I. The van der Waals surface area contributed by atoms with Gasteiger partial charge in [0.25, 0.3) is 0 Å². The van der Waals surface area contributed by atoms with Gasteiger partial charge in [-0.25, -0.2) is 0 Å². The summed E-state index contributed by atoms with van der Waals surface area (Å²) in [6, 6.07) is 18.1. The molecule has 2 aromatic carbocycles. The zero-order valence-corrected chi connectivity index (χ0v) is 16.6. The number of methoxy groups -OCH3 is 1. The normalized spacial score (nSPS) is 12.4. The number of aliphatic imine (C=N–C) groups is 1. The van der Waals surface area contributed by atoms with Crippen LogP contribution in [0.4, 0.5) is 5.69 Å². The number of anilines is 1. The van der Waals surface area contributed by atoms with Gasteiger partial charge in [0.1, 0.15) is 5.75 Å². The van der Waals surface area contributed by atoms with Crippen LogP contribution in [0.2, 0.25) is 0 Å². The molecule has 0 bridgehead atoms. The highest BCUT2D eigenvalue weighted by Gasteiger charge is 2.13. The van der Waals surface area contributed by atoms with E-state index in [1.165, 1.54) is 5.56 Å². The largest absolute Gasteiger partial charge is 0.495 e. The number of likely N-dealkylation sites (N-methyl/N-ethyl adjacent to an activating group) is 1. The number of hydrogen-bond donors (Lipinski definition) is 2. The minimum absolute atomic E-state index is 0. The van der Waals surface area contributed by atoms with Crippen LogP contribution >= 0.6 is 24.0 Å². The summed E-state index contributed by atoms with van der Waals surface area (Å²) in [5.41, 5.74) is 8.04. The quantitative estimate of drug-likeness (QED) is 0.411. The Morgan fingerprint density at radius 1 is 1.12 bits per heavy atom. The summed E-state index contributed by atoms with van der Waals surface area (Å²) in [5, 5.41) is 3.09. The van der Waals surface area contributed by atoms with Crippen molar-refractivity contribution >= 4 is 35.6 Å². The maximum Gasteiger partial charge on any atom is 0.193 e. The van der Waals surface area contributed by atoms with Gasteiger partial charge in [-0.15, -0.1) is 24.0 Å². The van der Waals surface area contributed by atoms with Crippen LogP contribution in [0.1, 0.15) is 11.6 Å². The fraction of sp³-hybridized carbons (Fsp3) is 0.278. The van der Waals surface area contributed by atoms with E-state index in [0.29, 0.717) is 12.5 Å². The summed E-state index contributed by atoms with van der Waals surface area (Å²) >= 11 is 0. The standard InChI is InChI=1S/C18H24N4O.HI/c1-22(2)16(14-9-5-4-6-10-14)13-20-18(19)21-15-11-7-8-12-17(15)23-3;/h4-12,16H,13H2,1-3H3,(H3,19,20,21);1H. The monoisotopic (exact) mass is 440 g/mol. The maximum absolute atomic E-state index is 6.02. The van der Waals surface area contributed by atoms with E-state index in [1.54, 1.807) is 7.11 Å². The van der Waals surface area contributed by atoms with Crippen molar-refractivity contribution in [2.24, 2.45) is 10.7 Å². The predicted octanol–water partition coefficient (Wildman–Crippen LogP) is 3.34. The van der Waals surface area contributed by atoms with Crippen molar-refractivity contribution in [1.82, 2.24) is 4.90 Å². The van der Waals surface area contributed by atoms with Gasteiger partial charge < -0.3 is 20.7 Å². The van der Waals surface area contributed by atoms with E-state index in [-0.39, 0.29) is 30.0 Å². The first kappa shape index (κ1) is 20.2. The second kappa shape index (κ2) is 10.1. The third kappa shape index (κ3) is 5.68. The van der Waals surface area contributed by atoms with E-state index >= 15 is 0 Å². The number of rotatable bonds is 6. The van der Waals surface area contributed by atoms with Crippen molar-refractivity contribution in [2.45, 2.75) is 6.04 Å². The van der Waals surface area contributed by atoms with E-state index in [1.807, 2.05) is 56.6 Å². The third-order valence-electron chi connectivity index (χ3n) is 3.61. The number of ether oxygens (including phenoxy) is 1. The van der Waals surface area contributed by atoms with Gasteiger partial charge in [-0.2, -0.15) is 0 Å². The molecule has 130 valence electrons. The molecular formula is C18H25IN4O. The van der Waals surface area contributed by atoms with Crippen molar-refractivity contribution in [1.29, 1.82) is 0 Å². The summed E-state index contributed by atoms with van der Waals surface area (Å²) < 4.78 is 5.30. The molecule has 0 aliphatic heterocycles. The topological polar surface area (TPSA) is 62.9 Å². The predicted molar refractivity (Wildman–Crippen MR) is 111 cm³/mol. The van der Waals surface area contributed by atoms with Gasteiger partial charge in [0.2, 0.25) is 0 Å². The van der Waals surface area contributed by atoms with E-state index in [4.69, 9.17) is 10.5 Å². The van der Waals surface area contributed by atoms with E-state index in [0.717, 1.165) is 11.4 Å². The second-order valence-electron chi connectivity index (χ2n) is 5.44. The van der Waals surface area contributed by atoms with Gasteiger partial charge >= 0.3 is 0 Å². The molecule has 1 unspecified atom stereocenters. The number of guanidine groups is 1. The average molecular weight is 440 g/mol. The molecule has 0 aromatic heterocycles. The Balaban J connectivity index is 0.00000288. The summed E-state index contributed by atoms with van der Waals surface area (Å²) in [6.45, 7) is 0.574. The Kier molecular flexibility index (Phi) is 8.56. The molecule has 0 amide bonds. The van der Waals surface area contributed by atoms with Gasteiger partial charge in [0, 0.05) is 0 Å². The van der Waals surface area contributed by atoms with Crippen LogP contribution in [-0.2, 0) is 0 Å². The molecule has 3 N–H and O–H groups in total. The van der Waals surface area contributed by atoms with Gasteiger partial charge in [-0.1, -0.05) is 42.5 Å². The third-order valence-corrected chi connectivity index (χ3v) is 3.61. The number of para-hydroxylation sites is 2. The highest BCUT2D eigenvalue weighted by atomic mass is 127. The summed E-state index contributed by atoms with van der Waals surface area (Å²) in [4.78, 5) is 6.61. The van der Waals surface area contributed by atoms with Crippen LogP contribution in [0.15, 0.2) is 59.6 Å². The lowest BCUT2D eigenvalue weighted by molar-refractivity contribution is 0.306. The minimum Gasteiger partial charge on any atom is -0.495 e. The first-order valence-corrected chi connectivity index (χ1v) is 7.53. The molecule has 0 saturated carbocycles. The first-order valence-electron chi connectivity index (χ1n) is 7.53. The summed E-state index contributed by atoms with van der Waals surface area (Å²) in [7, 11) is 5.71. The number of nitrogens with one attached hydrogen (secondary N) is 1. The molecule has 1 atom stereocenters. The average Bonchev–Trinajstić information content (AvgIpc) is 2.56. The smallest absolute Gasteiger partial charge is 0.193 e. The lowest BCUT2D eigenvalue weighted by Gasteiger charge is -2.23. The van der Waals surface area contributed by atoms with Crippen molar-refractivity contribution in [3.05, 3.63) is 60.2 Å². The van der Waals surface area contributed by atoms with Crippen molar-refractivity contribution in [3.63, 3.8) is 0 Å². The van der Waals surface area contributed by atoms with Crippen LogP contribution < -0.4 is 15.8 Å². The summed E-state index contributed by atoms with van der Waals surface area (Å²) in [6.07, 6.45) is 0. The maximum atomic E-state index is 6.02. The molecule has 0 saturated heterocycles. The zero-order valence-electron chi connectivity index (χ0n) is 14.3. The van der Waals surface area contributed by atoms with E-state index in [2.05, 4.69) is 27.3 Å². The fourth-order valence-corrected chi connectivity index (χ4v) is 2.35. The molecule has 0 heterocycles. The van der Waals surface area contributed by atoms with E-state index < -0.39 is 0 Å². The number of halogens is 1. The summed E-state index contributed by atoms with van der Waals surface area (Å²) in [5.74, 6) is 1.11. The van der Waals surface area contributed by atoms with Crippen molar-refractivity contribution in [2.75, 3.05) is 33.1 Å². The number of hydrogen-bond acceptors (Lipinski definition) is 3. The Hall–Kier alpha value is -1.80. The Morgan fingerprint density at radius 3 is 2.38 bits per heavy atom. The Morgan fingerprint density at radius 2 is 1.75 bits per heavy atom. The lowest BCUT2D eigenvalue weighted by Crippen LogP contribution is -2.27. The molecular weight excluding hydrogens is 415 g/mol. The molecule has 0 spiro atoms. The van der Waals surface area contributed by atoms with Gasteiger partial charge in [-0.05, 0) is 31.8 Å². The van der Waals surface area contributed by atoms with Crippen LogP contribution in [-0.4, -0.2) is 38.6 Å². The van der Waals surface area contributed by atoms with Crippen LogP contribution in [0.3, 0.4) is 0 Å². The molecule has 0 aliphatic carbocycles. The lowest BCUT2D eigenvalue weighted by atomic mass is 10.1. The molecule has 0 fully saturated rings. The van der Waals surface area contributed by atoms with Gasteiger partial charge in [-0.3, -0.25) is 4.99 Å². The Labute approximate surface area is 160 Å². The molecule has 5 nitrogen and oxygen atoms in total. The molecule has 2 aromatic rings. The number of nitrogens with two attached hydrogens (primary N) is 1.